The van der Waals surface area contributed by atoms with Crippen molar-refractivity contribution in [1.82, 2.24) is 20.1 Å². The van der Waals surface area contributed by atoms with Gasteiger partial charge >= 0.3 is 0 Å². The smallest absolute Gasteiger partial charge is 0.157 e. The van der Waals surface area contributed by atoms with E-state index in [1.807, 2.05) is 24.9 Å². The van der Waals surface area contributed by atoms with Gasteiger partial charge in [0.25, 0.3) is 0 Å². The number of nitrogens with one attached hydrogen (secondary N) is 1. The van der Waals surface area contributed by atoms with E-state index in [4.69, 9.17) is 0 Å². The molecule has 1 unspecified atom stereocenters. The Bertz CT molecular complexity index is 627. The third-order valence-electron chi connectivity index (χ3n) is 4.73. The van der Waals surface area contributed by atoms with E-state index in [-0.39, 0.29) is 0 Å². The van der Waals surface area contributed by atoms with Crippen molar-refractivity contribution in [1.29, 1.82) is 0 Å². The van der Waals surface area contributed by atoms with Gasteiger partial charge in [-0.3, -0.25) is 4.68 Å². The van der Waals surface area contributed by atoms with Gasteiger partial charge in [0.05, 0.1) is 5.69 Å². The Morgan fingerprint density at radius 2 is 2.25 bits per heavy atom. The Hall–Kier alpha value is -1.42. The first-order chi connectivity index (χ1) is 9.47. The summed E-state index contributed by atoms with van der Waals surface area (Å²) in [6.45, 7) is 7.67. The first-order valence-electron chi connectivity index (χ1n) is 7.49. The minimum Gasteiger partial charge on any atom is -0.309 e. The highest BCUT2D eigenvalue weighted by Gasteiger charge is 2.33. The normalized spacial score (nSPS) is 21.7. The lowest BCUT2D eigenvalue weighted by Crippen LogP contribution is -2.37. The molecule has 3 rings (SSSR count). The van der Waals surface area contributed by atoms with E-state index >= 15 is 0 Å². The van der Waals surface area contributed by atoms with Crippen LogP contribution in [0.5, 0.6) is 0 Å². The van der Waals surface area contributed by atoms with Crippen LogP contribution in [-0.4, -0.2) is 20.8 Å². The largest absolute Gasteiger partial charge is 0.309 e. The minimum absolute atomic E-state index is 0.418. The number of aromatic nitrogens is 3. The van der Waals surface area contributed by atoms with Crippen LogP contribution in [0.4, 0.5) is 0 Å². The second-order valence-electron chi connectivity index (χ2n) is 6.74. The maximum absolute atomic E-state index is 4.54. The van der Waals surface area contributed by atoms with Crippen molar-refractivity contribution < 1.29 is 0 Å². The molecule has 1 fully saturated rings. The summed E-state index contributed by atoms with van der Waals surface area (Å²) in [6.07, 6.45) is 5.92. The van der Waals surface area contributed by atoms with Crippen LogP contribution in [0.3, 0.4) is 0 Å². The molecule has 0 spiro atoms. The first-order valence-corrected chi connectivity index (χ1v) is 7.49. The van der Waals surface area contributed by atoms with E-state index in [2.05, 4.69) is 35.3 Å². The summed E-state index contributed by atoms with van der Waals surface area (Å²) in [5.74, 6) is 0. The van der Waals surface area contributed by atoms with Gasteiger partial charge in [0.1, 0.15) is 0 Å². The molecule has 1 aliphatic carbocycles. The molecule has 4 heteroatoms. The van der Waals surface area contributed by atoms with Crippen LogP contribution in [0.2, 0.25) is 0 Å². The van der Waals surface area contributed by atoms with E-state index in [0.717, 1.165) is 23.3 Å². The average Bonchev–Trinajstić information content (AvgIpc) is 2.87. The topological polar surface area (TPSA) is 42.7 Å². The van der Waals surface area contributed by atoms with E-state index < -0.39 is 0 Å². The number of nitrogens with zero attached hydrogens (tertiary/aromatic N) is 3. The second kappa shape index (κ2) is 4.85. The molecule has 1 N–H and O–H groups in total. The Balaban J connectivity index is 1.76. The van der Waals surface area contributed by atoms with Crippen molar-refractivity contribution >= 4 is 11.0 Å². The Morgan fingerprint density at radius 1 is 1.45 bits per heavy atom. The summed E-state index contributed by atoms with van der Waals surface area (Å²) >= 11 is 0. The van der Waals surface area contributed by atoms with Gasteiger partial charge in [0.15, 0.2) is 5.65 Å². The van der Waals surface area contributed by atoms with Crippen molar-refractivity contribution in [3.8, 4) is 0 Å². The molecule has 0 radical (unpaired) electrons. The lowest BCUT2D eigenvalue weighted by atomic mass is 9.87. The van der Waals surface area contributed by atoms with Gasteiger partial charge in [-0.1, -0.05) is 20.3 Å². The van der Waals surface area contributed by atoms with Gasteiger partial charge in [-0.05, 0) is 36.8 Å². The van der Waals surface area contributed by atoms with Gasteiger partial charge in [-0.15, -0.1) is 0 Å². The third kappa shape index (κ3) is 2.33. The summed E-state index contributed by atoms with van der Waals surface area (Å²) in [5, 5.41) is 9.30. The van der Waals surface area contributed by atoms with Crippen molar-refractivity contribution in [2.75, 3.05) is 0 Å². The highest BCUT2D eigenvalue weighted by Crippen LogP contribution is 2.37. The van der Waals surface area contributed by atoms with Crippen LogP contribution < -0.4 is 5.32 Å². The Labute approximate surface area is 120 Å². The average molecular weight is 272 g/mol. The van der Waals surface area contributed by atoms with Gasteiger partial charge in [-0.2, -0.15) is 5.10 Å². The van der Waals surface area contributed by atoms with Crippen molar-refractivity contribution in [2.45, 2.75) is 52.6 Å². The molecule has 2 aromatic rings. The third-order valence-corrected chi connectivity index (χ3v) is 4.73. The maximum atomic E-state index is 4.54. The van der Waals surface area contributed by atoms with Crippen LogP contribution in [0.15, 0.2) is 12.3 Å². The fourth-order valence-corrected chi connectivity index (χ4v) is 3.39. The summed E-state index contributed by atoms with van der Waals surface area (Å²) in [7, 11) is 1.95. The Kier molecular flexibility index (Phi) is 3.28. The molecule has 0 saturated heterocycles. The van der Waals surface area contributed by atoms with Gasteiger partial charge in [0, 0.05) is 31.2 Å². The summed E-state index contributed by atoms with van der Waals surface area (Å²) in [4.78, 5) is 4.54. The van der Waals surface area contributed by atoms with Gasteiger partial charge in [-0.25, -0.2) is 4.98 Å². The number of fused-ring (bicyclic) bond motifs is 1. The zero-order valence-corrected chi connectivity index (χ0v) is 12.9. The molecule has 2 heterocycles. The minimum atomic E-state index is 0.418. The molecule has 108 valence electrons. The van der Waals surface area contributed by atoms with Crippen LogP contribution in [0.1, 0.15) is 44.4 Å². The van der Waals surface area contributed by atoms with E-state index in [0.29, 0.717) is 11.5 Å². The number of rotatable bonds is 3. The summed E-state index contributed by atoms with van der Waals surface area (Å²) < 4.78 is 1.85. The van der Waals surface area contributed by atoms with Crippen LogP contribution in [0.25, 0.3) is 11.0 Å². The van der Waals surface area contributed by atoms with Gasteiger partial charge in [0.2, 0.25) is 0 Å². The van der Waals surface area contributed by atoms with Gasteiger partial charge < -0.3 is 5.32 Å². The zero-order valence-electron chi connectivity index (χ0n) is 12.9. The zero-order chi connectivity index (χ0) is 14.3. The number of aryl methyl sites for hydroxylation is 2. The van der Waals surface area contributed by atoms with Crippen molar-refractivity contribution in [2.24, 2.45) is 12.5 Å². The van der Waals surface area contributed by atoms with E-state index in [9.17, 15) is 0 Å². The lowest BCUT2D eigenvalue weighted by molar-refractivity contribution is 0.282. The number of hydrogen-bond acceptors (Lipinski definition) is 3. The molecule has 1 saturated carbocycles. The quantitative estimate of drug-likeness (QED) is 0.934. The first kappa shape index (κ1) is 13.6. The SMILES string of the molecule is Cc1nn(C)c2ncc(CNC3CCCC3(C)C)cc12. The molecule has 20 heavy (non-hydrogen) atoms. The van der Waals surface area contributed by atoms with Crippen molar-refractivity contribution in [3.05, 3.63) is 23.5 Å². The second-order valence-corrected chi connectivity index (χ2v) is 6.74. The monoisotopic (exact) mass is 272 g/mol. The molecule has 2 aromatic heterocycles. The highest BCUT2D eigenvalue weighted by atomic mass is 15.3. The molecule has 4 nitrogen and oxygen atoms in total. The number of hydrogen-bond donors (Lipinski definition) is 1. The maximum Gasteiger partial charge on any atom is 0.157 e. The fourth-order valence-electron chi connectivity index (χ4n) is 3.39. The van der Waals surface area contributed by atoms with E-state index in [1.54, 1.807) is 0 Å². The Morgan fingerprint density at radius 3 is 2.95 bits per heavy atom. The summed E-state index contributed by atoms with van der Waals surface area (Å²) in [5.41, 5.74) is 3.68. The predicted molar refractivity (Wildman–Crippen MR) is 81.5 cm³/mol. The highest BCUT2D eigenvalue weighted by molar-refractivity contribution is 5.78. The van der Waals surface area contributed by atoms with E-state index in [1.165, 1.54) is 24.8 Å². The van der Waals surface area contributed by atoms with Crippen LogP contribution >= 0.6 is 0 Å². The molecular formula is C16H24N4. The molecule has 0 bridgehead atoms. The molecule has 0 aliphatic heterocycles. The lowest BCUT2D eigenvalue weighted by Gasteiger charge is -2.28. The summed E-state index contributed by atoms with van der Waals surface area (Å²) in [6, 6.07) is 2.84. The van der Waals surface area contributed by atoms with Crippen molar-refractivity contribution in [3.63, 3.8) is 0 Å². The molecule has 1 aliphatic rings. The van der Waals surface area contributed by atoms with Crippen LogP contribution in [0, 0.1) is 12.3 Å². The predicted octanol–water partition coefficient (Wildman–Crippen LogP) is 2.95. The molecular weight excluding hydrogens is 248 g/mol. The molecule has 1 atom stereocenters. The number of pyridine rings is 1. The molecule has 0 aromatic carbocycles. The fraction of sp³-hybridized carbons (Fsp3) is 0.625. The van der Waals surface area contributed by atoms with Crippen LogP contribution in [-0.2, 0) is 13.6 Å². The molecule has 0 amide bonds. The standard InChI is InChI=1S/C16H24N4/c1-11-13-8-12(10-18-15(13)20(4)19-11)9-17-14-6-5-7-16(14,2)3/h8,10,14,17H,5-7,9H2,1-4H3.